The molecule has 1 aliphatic rings. The van der Waals surface area contributed by atoms with Gasteiger partial charge >= 0.3 is 12.1 Å². The molecule has 0 unspecified atom stereocenters. The third-order valence-corrected chi connectivity index (χ3v) is 3.29. The summed E-state index contributed by atoms with van der Waals surface area (Å²) in [5.41, 5.74) is -0.422. The Labute approximate surface area is 108 Å². The Morgan fingerprint density at radius 2 is 2.00 bits per heavy atom. The summed E-state index contributed by atoms with van der Waals surface area (Å²) in [6.07, 6.45) is -1.41. The van der Waals surface area contributed by atoms with Crippen molar-refractivity contribution in [2.75, 3.05) is 6.61 Å². The van der Waals surface area contributed by atoms with Crippen molar-refractivity contribution in [2.45, 2.75) is 53.2 Å². The van der Waals surface area contributed by atoms with E-state index in [1.54, 1.807) is 6.92 Å². The number of rotatable bonds is 4. The van der Waals surface area contributed by atoms with Crippen molar-refractivity contribution in [3.63, 3.8) is 0 Å². The van der Waals surface area contributed by atoms with E-state index < -0.39 is 17.7 Å². The van der Waals surface area contributed by atoms with E-state index in [9.17, 15) is 9.59 Å². The van der Waals surface area contributed by atoms with Crippen LogP contribution in [0.5, 0.6) is 0 Å². The highest BCUT2D eigenvalue weighted by Gasteiger charge is 2.48. The predicted molar refractivity (Wildman–Crippen MR) is 65.0 cm³/mol. The molecule has 18 heavy (non-hydrogen) atoms. The number of esters is 1. The molecule has 2 atom stereocenters. The van der Waals surface area contributed by atoms with Crippen LogP contribution in [0.4, 0.5) is 4.79 Å². The first-order chi connectivity index (χ1) is 8.28. The summed E-state index contributed by atoms with van der Waals surface area (Å²) in [6.45, 7) is 9.90. The van der Waals surface area contributed by atoms with Crippen LogP contribution in [0.2, 0.25) is 0 Å². The lowest BCUT2D eigenvalue weighted by Gasteiger charge is -2.44. The van der Waals surface area contributed by atoms with E-state index >= 15 is 0 Å². The van der Waals surface area contributed by atoms with Gasteiger partial charge in [0.1, 0.15) is 12.2 Å². The van der Waals surface area contributed by atoms with Crippen LogP contribution < -0.4 is 0 Å². The number of hydrogen-bond acceptors (Lipinski definition) is 5. The Hall–Kier alpha value is -1.26. The molecule has 0 amide bonds. The molecule has 1 heterocycles. The Morgan fingerprint density at radius 1 is 1.39 bits per heavy atom. The van der Waals surface area contributed by atoms with Crippen LogP contribution in [0.3, 0.4) is 0 Å². The molecule has 0 aliphatic carbocycles. The maximum Gasteiger partial charge on any atom is 0.508 e. The number of cyclic esters (lactones) is 2. The summed E-state index contributed by atoms with van der Waals surface area (Å²) in [7, 11) is 0. The van der Waals surface area contributed by atoms with Gasteiger partial charge in [-0.2, -0.15) is 0 Å². The Balaban J connectivity index is 2.81. The first-order valence-electron chi connectivity index (χ1n) is 6.31. The maximum absolute atomic E-state index is 11.5. The fourth-order valence-corrected chi connectivity index (χ4v) is 2.41. The minimum Gasteiger partial charge on any atom is -0.466 e. The van der Waals surface area contributed by atoms with Crippen molar-refractivity contribution in [1.29, 1.82) is 0 Å². The molecule has 0 N–H and O–H groups in total. The van der Waals surface area contributed by atoms with E-state index in [2.05, 4.69) is 0 Å². The van der Waals surface area contributed by atoms with Crippen molar-refractivity contribution < 1.29 is 23.8 Å². The van der Waals surface area contributed by atoms with Gasteiger partial charge in [-0.25, -0.2) is 4.79 Å². The second-order valence-electron chi connectivity index (χ2n) is 5.47. The molecule has 0 radical (unpaired) electrons. The Morgan fingerprint density at radius 3 is 2.50 bits per heavy atom. The minimum atomic E-state index is -0.706. The Kier molecular flexibility index (Phi) is 4.59. The van der Waals surface area contributed by atoms with Crippen molar-refractivity contribution in [2.24, 2.45) is 11.3 Å². The molecule has 5 heteroatoms. The lowest BCUT2D eigenvalue weighted by atomic mass is 9.74. The summed E-state index contributed by atoms with van der Waals surface area (Å²) in [5.74, 6) is -0.190. The molecule has 5 nitrogen and oxygen atoms in total. The lowest BCUT2D eigenvalue weighted by molar-refractivity contribution is -0.169. The summed E-state index contributed by atoms with van der Waals surface area (Å²) in [4.78, 5) is 22.9. The van der Waals surface area contributed by atoms with Gasteiger partial charge < -0.3 is 14.2 Å². The van der Waals surface area contributed by atoms with Crippen LogP contribution in [-0.4, -0.2) is 30.9 Å². The van der Waals surface area contributed by atoms with E-state index in [0.717, 1.165) is 0 Å². The van der Waals surface area contributed by atoms with Gasteiger partial charge in [-0.1, -0.05) is 27.7 Å². The number of carbonyl (C=O) groups excluding carboxylic acids is 2. The normalized spacial score (nSPS) is 26.4. The molecule has 0 spiro atoms. The first kappa shape index (κ1) is 14.8. The van der Waals surface area contributed by atoms with E-state index in [1.165, 1.54) is 0 Å². The molecule has 0 aromatic heterocycles. The molecule has 1 saturated heterocycles. The maximum atomic E-state index is 11.5. The Bertz CT molecular complexity index is 321. The third kappa shape index (κ3) is 3.15. The molecule has 0 aromatic rings. The summed E-state index contributed by atoms with van der Waals surface area (Å²) in [5, 5.41) is 0. The first-order valence-corrected chi connectivity index (χ1v) is 6.31. The zero-order valence-corrected chi connectivity index (χ0v) is 11.7. The standard InChI is InChI=1S/C13H22O5/c1-6-16-10(14)7-9-13(4,5)11(8(2)3)18-12(15)17-9/h8-9,11H,6-7H2,1-5H3/t9-,11+/m0/s1. The molecule has 104 valence electrons. The van der Waals surface area contributed by atoms with E-state index in [1.807, 2.05) is 27.7 Å². The van der Waals surface area contributed by atoms with Crippen molar-refractivity contribution in [3.8, 4) is 0 Å². The highest BCUT2D eigenvalue weighted by atomic mass is 16.7. The van der Waals surface area contributed by atoms with Gasteiger partial charge in [-0.15, -0.1) is 0 Å². The van der Waals surface area contributed by atoms with Crippen molar-refractivity contribution in [3.05, 3.63) is 0 Å². The highest BCUT2D eigenvalue weighted by Crippen LogP contribution is 2.39. The largest absolute Gasteiger partial charge is 0.508 e. The monoisotopic (exact) mass is 258 g/mol. The molecule has 1 fully saturated rings. The zero-order chi connectivity index (χ0) is 13.9. The lowest BCUT2D eigenvalue weighted by Crippen LogP contribution is -2.53. The van der Waals surface area contributed by atoms with E-state index in [-0.39, 0.29) is 24.4 Å². The number of carbonyl (C=O) groups is 2. The second-order valence-corrected chi connectivity index (χ2v) is 5.47. The van der Waals surface area contributed by atoms with Crippen LogP contribution in [0, 0.1) is 11.3 Å². The smallest absolute Gasteiger partial charge is 0.466 e. The summed E-state index contributed by atoms with van der Waals surface area (Å²) >= 11 is 0. The quantitative estimate of drug-likeness (QED) is 0.725. The number of ether oxygens (including phenoxy) is 3. The average molecular weight is 258 g/mol. The second kappa shape index (κ2) is 5.59. The topological polar surface area (TPSA) is 61.8 Å². The van der Waals surface area contributed by atoms with Crippen molar-refractivity contribution >= 4 is 12.1 Å². The van der Waals surface area contributed by atoms with Gasteiger partial charge in [0.15, 0.2) is 0 Å². The van der Waals surface area contributed by atoms with Crippen molar-refractivity contribution in [1.82, 2.24) is 0 Å². The molecule has 0 aromatic carbocycles. The SMILES string of the molecule is CCOC(=O)C[C@@H]1OC(=O)O[C@H](C(C)C)C1(C)C. The summed E-state index contributed by atoms with van der Waals surface area (Å²) < 4.78 is 15.3. The molecular formula is C13H22O5. The van der Waals surface area contributed by atoms with Gasteiger partial charge in [0.2, 0.25) is 0 Å². The van der Waals surface area contributed by atoms with Crippen LogP contribution in [0.1, 0.15) is 41.0 Å². The van der Waals surface area contributed by atoms with Gasteiger partial charge in [0.05, 0.1) is 13.0 Å². The zero-order valence-electron chi connectivity index (χ0n) is 11.7. The summed E-state index contributed by atoms with van der Waals surface area (Å²) in [6, 6.07) is 0. The van der Waals surface area contributed by atoms with Gasteiger partial charge in [0.25, 0.3) is 0 Å². The fourth-order valence-electron chi connectivity index (χ4n) is 2.41. The molecular weight excluding hydrogens is 236 g/mol. The number of hydrogen-bond donors (Lipinski definition) is 0. The van der Waals surface area contributed by atoms with Crippen LogP contribution in [0.15, 0.2) is 0 Å². The van der Waals surface area contributed by atoms with E-state index in [0.29, 0.717) is 6.61 Å². The molecule has 1 aliphatic heterocycles. The van der Waals surface area contributed by atoms with Crippen LogP contribution >= 0.6 is 0 Å². The van der Waals surface area contributed by atoms with Gasteiger partial charge in [0, 0.05) is 5.41 Å². The minimum absolute atomic E-state index is 0.0686. The molecule has 1 rings (SSSR count). The highest BCUT2D eigenvalue weighted by molar-refractivity contribution is 5.71. The molecule has 0 saturated carbocycles. The van der Waals surface area contributed by atoms with E-state index in [4.69, 9.17) is 14.2 Å². The third-order valence-electron chi connectivity index (χ3n) is 3.29. The van der Waals surface area contributed by atoms with Crippen LogP contribution in [-0.2, 0) is 19.0 Å². The van der Waals surface area contributed by atoms with Gasteiger partial charge in [-0.3, -0.25) is 4.79 Å². The van der Waals surface area contributed by atoms with Crippen LogP contribution in [0.25, 0.3) is 0 Å². The average Bonchev–Trinajstić information content (AvgIpc) is 2.23. The fraction of sp³-hybridized carbons (Fsp3) is 0.846. The molecule has 0 bridgehead atoms. The van der Waals surface area contributed by atoms with Gasteiger partial charge in [-0.05, 0) is 12.8 Å². The predicted octanol–water partition coefficient (Wildman–Crippen LogP) is 2.53.